The van der Waals surface area contributed by atoms with Crippen LogP contribution in [0.1, 0.15) is 26.2 Å². The molecule has 1 aromatic rings. The van der Waals surface area contributed by atoms with Crippen LogP contribution in [-0.2, 0) is 4.79 Å². The molecule has 0 unspecified atom stereocenters. The molecule has 0 bridgehead atoms. The molecule has 2 fully saturated rings. The fourth-order valence-corrected chi connectivity index (χ4v) is 2.71. The van der Waals surface area contributed by atoms with Crippen molar-refractivity contribution >= 4 is 17.4 Å². The first kappa shape index (κ1) is 13.4. The summed E-state index contributed by atoms with van der Waals surface area (Å²) in [5.41, 5.74) is 1.01. The molecule has 0 atom stereocenters. The third kappa shape index (κ3) is 2.63. The molecule has 2 aliphatic rings. The van der Waals surface area contributed by atoms with E-state index in [1.807, 2.05) is 18.3 Å². The monoisotopic (exact) mass is 274 g/mol. The van der Waals surface area contributed by atoms with Gasteiger partial charge < -0.3 is 15.5 Å². The van der Waals surface area contributed by atoms with Crippen molar-refractivity contribution < 1.29 is 4.79 Å². The Kier molecular flexibility index (Phi) is 3.61. The summed E-state index contributed by atoms with van der Waals surface area (Å²) in [4.78, 5) is 18.8. The first-order valence-electron chi connectivity index (χ1n) is 7.47. The van der Waals surface area contributed by atoms with E-state index in [9.17, 15) is 4.79 Å². The zero-order valence-corrected chi connectivity index (χ0v) is 12.0. The highest BCUT2D eigenvalue weighted by Gasteiger charge is 2.47. The molecule has 2 N–H and O–H groups in total. The molecule has 0 aromatic carbocycles. The van der Waals surface area contributed by atoms with Gasteiger partial charge in [-0.1, -0.05) is 6.92 Å². The zero-order valence-electron chi connectivity index (χ0n) is 12.0. The standard InChI is InChI=1S/C15H22N4O/c1-2-15(5-6-15)14(20)18-13-4-3-12(11-17-13)19-9-7-16-8-10-19/h3-4,11,16H,2,5-10H2,1H3,(H,17,18,20). The number of nitrogens with zero attached hydrogens (tertiary/aromatic N) is 2. The number of hydrogen-bond acceptors (Lipinski definition) is 4. The Hall–Kier alpha value is -1.62. The minimum absolute atomic E-state index is 0.112. The SMILES string of the molecule is CCC1(C(=O)Nc2ccc(N3CCNCC3)cn2)CC1. The van der Waals surface area contributed by atoms with E-state index in [0.29, 0.717) is 5.82 Å². The second-order valence-electron chi connectivity index (χ2n) is 5.73. The highest BCUT2D eigenvalue weighted by molar-refractivity contribution is 5.96. The van der Waals surface area contributed by atoms with Gasteiger partial charge in [0, 0.05) is 31.6 Å². The van der Waals surface area contributed by atoms with Crippen LogP contribution >= 0.6 is 0 Å². The second kappa shape index (κ2) is 5.40. The van der Waals surface area contributed by atoms with Crippen molar-refractivity contribution in [3.8, 4) is 0 Å². The van der Waals surface area contributed by atoms with Gasteiger partial charge in [-0.3, -0.25) is 4.79 Å². The third-order valence-corrected chi connectivity index (χ3v) is 4.48. The molecule has 0 radical (unpaired) electrons. The molecule has 1 saturated heterocycles. The zero-order chi connectivity index (χ0) is 14.0. The summed E-state index contributed by atoms with van der Waals surface area (Å²) in [5.74, 6) is 0.788. The van der Waals surface area contributed by atoms with Gasteiger partial charge in [0.25, 0.3) is 0 Å². The number of hydrogen-bond donors (Lipinski definition) is 2. The summed E-state index contributed by atoms with van der Waals surface area (Å²) >= 11 is 0. The van der Waals surface area contributed by atoms with E-state index in [4.69, 9.17) is 0 Å². The number of aromatic nitrogens is 1. The first-order chi connectivity index (χ1) is 9.73. The van der Waals surface area contributed by atoms with Crippen molar-refractivity contribution in [1.82, 2.24) is 10.3 Å². The molecule has 3 rings (SSSR count). The van der Waals surface area contributed by atoms with Crippen LogP contribution in [0.5, 0.6) is 0 Å². The number of rotatable bonds is 4. The fraction of sp³-hybridized carbons (Fsp3) is 0.600. The van der Waals surface area contributed by atoms with Gasteiger partial charge in [-0.25, -0.2) is 4.98 Å². The van der Waals surface area contributed by atoms with Gasteiger partial charge in [0.05, 0.1) is 11.9 Å². The van der Waals surface area contributed by atoms with Crippen LogP contribution in [0.3, 0.4) is 0 Å². The minimum atomic E-state index is -0.112. The van der Waals surface area contributed by atoms with Crippen molar-refractivity contribution in [2.24, 2.45) is 5.41 Å². The van der Waals surface area contributed by atoms with Crippen molar-refractivity contribution in [3.63, 3.8) is 0 Å². The van der Waals surface area contributed by atoms with E-state index in [1.165, 1.54) is 0 Å². The first-order valence-corrected chi connectivity index (χ1v) is 7.47. The summed E-state index contributed by atoms with van der Waals surface area (Å²) in [5, 5.41) is 6.28. The van der Waals surface area contributed by atoms with E-state index in [2.05, 4.69) is 27.4 Å². The lowest BCUT2D eigenvalue weighted by molar-refractivity contribution is -0.121. The van der Waals surface area contributed by atoms with E-state index in [-0.39, 0.29) is 11.3 Å². The number of piperazine rings is 1. The van der Waals surface area contributed by atoms with Crippen molar-refractivity contribution in [3.05, 3.63) is 18.3 Å². The second-order valence-corrected chi connectivity index (χ2v) is 5.73. The average Bonchev–Trinajstić information content (AvgIpc) is 3.30. The molecule has 1 aromatic heterocycles. The maximum Gasteiger partial charge on any atom is 0.231 e. The van der Waals surface area contributed by atoms with Crippen molar-refractivity contribution in [2.45, 2.75) is 26.2 Å². The Morgan fingerprint density at radius 3 is 2.70 bits per heavy atom. The van der Waals surface area contributed by atoms with Gasteiger partial charge in [-0.15, -0.1) is 0 Å². The number of nitrogens with one attached hydrogen (secondary N) is 2. The van der Waals surface area contributed by atoms with E-state index in [1.54, 1.807) is 0 Å². The Labute approximate surface area is 119 Å². The van der Waals surface area contributed by atoms with Gasteiger partial charge in [-0.2, -0.15) is 0 Å². The van der Waals surface area contributed by atoms with Crippen molar-refractivity contribution in [1.29, 1.82) is 0 Å². The molecule has 108 valence electrons. The number of carbonyl (C=O) groups is 1. The summed E-state index contributed by atoms with van der Waals surface area (Å²) < 4.78 is 0. The van der Waals surface area contributed by atoms with Crippen LogP contribution in [0.2, 0.25) is 0 Å². The molecule has 1 aliphatic carbocycles. The summed E-state index contributed by atoms with van der Waals surface area (Å²) in [6.07, 6.45) is 4.78. The normalized spacial score (nSPS) is 20.6. The van der Waals surface area contributed by atoms with Crippen LogP contribution in [0, 0.1) is 5.41 Å². The van der Waals surface area contributed by atoms with Crippen LogP contribution in [-0.4, -0.2) is 37.1 Å². The largest absolute Gasteiger partial charge is 0.368 e. The summed E-state index contributed by atoms with van der Waals surface area (Å²) in [6.45, 7) is 6.11. The molecule has 1 aliphatic heterocycles. The van der Waals surface area contributed by atoms with Crippen LogP contribution < -0.4 is 15.5 Å². The predicted octanol–water partition coefficient (Wildman–Crippen LogP) is 1.62. The van der Waals surface area contributed by atoms with Crippen LogP contribution in [0.25, 0.3) is 0 Å². The number of carbonyl (C=O) groups excluding carboxylic acids is 1. The van der Waals surface area contributed by atoms with Gasteiger partial charge in [0.15, 0.2) is 0 Å². The van der Waals surface area contributed by atoms with E-state index in [0.717, 1.165) is 51.1 Å². The van der Waals surface area contributed by atoms with E-state index >= 15 is 0 Å². The molecule has 5 nitrogen and oxygen atoms in total. The fourth-order valence-electron chi connectivity index (χ4n) is 2.71. The number of anilines is 2. The Balaban J connectivity index is 1.62. The molecule has 1 saturated carbocycles. The number of amides is 1. The highest BCUT2D eigenvalue weighted by atomic mass is 16.2. The molecule has 2 heterocycles. The smallest absolute Gasteiger partial charge is 0.231 e. The lowest BCUT2D eigenvalue weighted by Crippen LogP contribution is -2.43. The third-order valence-electron chi connectivity index (χ3n) is 4.48. The quantitative estimate of drug-likeness (QED) is 0.876. The van der Waals surface area contributed by atoms with E-state index < -0.39 is 0 Å². The van der Waals surface area contributed by atoms with Gasteiger partial charge in [-0.05, 0) is 31.4 Å². The Bertz CT molecular complexity index is 475. The summed E-state index contributed by atoms with van der Waals surface area (Å²) in [6, 6.07) is 3.94. The predicted molar refractivity (Wildman–Crippen MR) is 79.9 cm³/mol. The van der Waals surface area contributed by atoms with Crippen LogP contribution in [0.15, 0.2) is 18.3 Å². The molecule has 20 heavy (non-hydrogen) atoms. The van der Waals surface area contributed by atoms with Crippen LogP contribution in [0.4, 0.5) is 11.5 Å². The minimum Gasteiger partial charge on any atom is -0.368 e. The van der Waals surface area contributed by atoms with Gasteiger partial charge in [0.1, 0.15) is 5.82 Å². The maximum absolute atomic E-state index is 12.1. The number of pyridine rings is 1. The topological polar surface area (TPSA) is 57.3 Å². The van der Waals surface area contributed by atoms with Gasteiger partial charge in [0.2, 0.25) is 5.91 Å². The maximum atomic E-state index is 12.1. The lowest BCUT2D eigenvalue weighted by atomic mass is 10.0. The Morgan fingerprint density at radius 1 is 1.40 bits per heavy atom. The molecule has 0 spiro atoms. The Morgan fingerprint density at radius 2 is 2.15 bits per heavy atom. The van der Waals surface area contributed by atoms with Crippen molar-refractivity contribution in [2.75, 3.05) is 36.4 Å². The summed E-state index contributed by atoms with van der Waals surface area (Å²) in [7, 11) is 0. The highest BCUT2D eigenvalue weighted by Crippen LogP contribution is 2.49. The molecular formula is C15H22N4O. The van der Waals surface area contributed by atoms with Gasteiger partial charge >= 0.3 is 0 Å². The molecular weight excluding hydrogens is 252 g/mol. The molecule has 5 heteroatoms. The molecule has 1 amide bonds. The lowest BCUT2D eigenvalue weighted by Gasteiger charge is -2.29. The average molecular weight is 274 g/mol.